The fourth-order valence-electron chi connectivity index (χ4n) is 4.36. The molecule has 3 aromatic rings. The molecule has 1 N–H and O–H groups in total. The number of benzene rings is 2. The lowest BCUT2D eigenvalue weighted by molar-refractivity contribution is 0.0951. The molecule has 178 valence electrons. The van der Waals surface area contributed by atoms with E-state index in [-0.39, 0.29) is 5.91 Å². The van der Waals surface area contributed by atoms with Crippen LogP contribution in [0, 0.1) is 0 Å². The molecular weight excluding hydrogens is 410 g/mol. The van der Waals surface area contributed by atoms with Gasteiger partial charge in [-0.2, -0.15) is 0 Å². The van der Waals surface area contributed by atoms with Gasteiger partial charge in [-0.05, 0) is 30.7 Å². The zero-order chi connectivity index (χ0) is 23.3. The van der Waals surface area contributed by atoms with Crippen LogP contribution in [0.4, 0.5) is 0 Å². The fraction of sp³-hybridized carbons (Fsp3) is 0.500. The van der Waals surface area contributed by atoms with Crippen LogP contribution in [0.25, 0.3) is 11.0 Å². The number of nitrogens with one attached hydrogen (secondary N) is 1. The molecule has 1 aromatic heterocycles. The van der Waals surface area contributed by atoms with Gasteiger partial charge in [-0.15, -0.1) is 0 Å². The highest BCUT2D eigenvalue weighted by Gasteiger charge is 2.13. The predicted octanol–water partition coefficient (Wildman–Crippen LogP) is 6.55. The highest BCUT2D eigenvalue weighted by molar-refractivity contribution is 5.96. The van der Waals surface area contributed by atoms with Gasteiger partial charge in [0, 0.05) is 19.5 Å². The number of ether oxygens (including phenoxy) is 1. The molecule has 0 spiro atoms. The minimum Gasteiger partial charge on any atom is -0.496 e. The van der Waals surface area contributed by atoms with Crippen molar-refractivity contribution in [2.75, 3.05) is 13.7 Å². The smallest absolute Gasteiger partial charge is 0.255 e. The Kier molecular flexibility index (Phi) is 10.3. The van der Waals surface area contributed by atoms with Crippen LogP contribution in [-0.2, 0) is 13.0 Å². The van der Waals surface area contributed by atoms with Crippen molar-refractivity contribution in [2.45, 2.75) is 77.7 Å². The van der Waals surface area contributed by atoms with Crippen molar-refractivity contribution in [3.63, 3.8) is 0 Å². The maximum absolute atomic E-state index is 12.6. The Morgan fingerprint density at radius 2 is 1.58 bits per heavy atom. The van der Waals surface area contributed by atoms with Gasteiger partial charge in [0.15, 0.2) is 0 Å². The summed E-state index contributed by atoms with van der Waals surface area (Å²) < 4.78 is 7.65. The fourth-order valence-corrected chi connectivity index (χ4v) is 4.36. The van der Waals surface area contributed by atoms with Crippen LogP contribution in [0.2, 0.25) is 0 Å². The summed E-state index contributed by atoms with van der Waals surface area (Å²) in [5, 5.41) is 3.03. The van der Waals surface area contributed by atoms with Gasteiger partial charge in [0.1, 0.15) is 11.6 Å². The summed E-state index contributed by atoms with van der Waals surface area (Å²) in [7, 11) is 1.58. The summed E-state index contributed by atoms with van der Waals surface area (Å²) >= 11 is 0. The second kappa shape index (κ2) is 13.7. The number of methoxy groups -OCH3 is 1. The second-order valence-electron chi connectivity index (χ2n) is 8.70. The van der Waals surface area contributed by atoms with Crippen LogP contribution in [0.5, 0.6) is 5.75 Å². The van der Waals surface area contributed by atoms with Crippen molar-refractivity contribution in [2.24, 2.45) is 0 Å². The van der Waals surface area contributed by atoms with Crippen molar-refractivity contribution in [1.29, 1.82) is 0 Å². The minimum atomic E-state index is -0.117. The SMILES string of the molecule is CCCCCCCCCCCn1c(CCNC(=O)c2ccccc2OC)nc2ccccc21. The number of carbonyl (C=O) groups excluding carboxylic acids is 1. The summed E-state index contributed by atoms with van der Waals surface area (Å²) in [5.41, 5.74) is 2.77. The highest BCUT2D eigenvalue weighted by atomic mass is 16.5. The van der Waals surface area contributed by atoms with Crippen LogP contribution in [0.15, 0.2) is 48.5 Å². The summed E-state index contributed by atoms with van der Waals surface area (Å²) in [4.78, 5) is 17.5. The van der Waals surface area contributed by atoms with E-state index in [0.717, 1.165) is 24.3 Å². The van der Waals surface area contributed by atoms with Crippen LogP contribution in [-0.4, -0.2) is 29.1 Å². The van der Waals surface area contributed by atoms with E-state index < -0.39 is 0 Å². The number of imidazole rings is 1. The van der Waals surface area contributed by atoms with E-state index in [4.69, 9.17) is 9.72 Å². The van der Waals surface area contributed by atoms with Crippen LogP contribution in [0.3, 0.4) is 0 Å². The number of hydrogen-bond donors (Lipinski definition) is 1. The van der Waals surface area contributed by atoms with Crippen molar-refractivity contribution in [3.05, 3.63) is 59.9 Å². The topological polar surface area (TPSA) is 56.2 Å². The Labute approximate surface area is 198 Å². The van der Waals surface area contributed by atoms with Gasteiger partial charge in [-0.3, -0.25) is 4.79 Å². The zero-order valence-electron chi connectivity index (χ0n) is 20.3. The van der Waals surface area contributed by atoms with E-state index in [1.807, 2.05) is 18.2 Å². The predicted molar refractivity (Wildman–Crippen MR) is 136 cm³/mol. The lowest BCUT2D eigenvalue weighted by Crippen LogP contribution is -2.27. The largest absolute Gasteiger partial charge is 0.496 e. The third-order valence-corrected chi connectivity index (χ3v) is 6.20. The number of rotatable bonds is 15. The van der Waals surface area contributed by atoms with Crippen molar-refractivity contribution in [1.82, 2.24) is 14.9 Å². The monoisotopic (exact) mass is 449 g/mol. The average molecular weight is 450 g/mol. The highest BCUT2D eigenvalue weighted by Crippen LogP contribution is 2.19. The molecule has 1 heterocycles. The Morgan fingerprint density at radius 1 is 0.909 bits per heavy atom. The molecule has 5 nitrogen and oxygen atoms in total. The normalized spacial score (nSPS) is 11.1. The van der Waals surface area contributed by atoms with Gasteiger partial charge in [0.2, 0.25) is 0 Å². The Hall–Kier alpha value is -2.82. The molecule has 1 amide bonds. The van der Waals surface area contributed by atoms with Crippen LogP contribution in [0.1, 0.15) is 80.9 Å². The molecule has 0 bridgehead atoms. The molecule has 0 unspecified atom stereocenters. The first-order chi connectivity index (χ1) is 16.2. The number of aromatic nitrogens is 2. The third-order valence-electron chi connectivity index (χ3n) is 6.20. The number of unbranched alkanes of at least 4 members (excludes halogenated alkanes) is 8. The molecule has 2 aromatic carbocycles. The molecule has 5 heteroatoms. The van der Waals surface area contributed by atoms with Gasteiger partial charge >= 0.3 is 0 Å². The van der Waals surface area contributed by atoms with Crippen LogP contribution < -0.4 is 10.1 Å². The number of carbonyl (C=O) groups is 1. The number of amides is 1. The van der Waals surface area contributed by atoms with Crippen molar-refractivity contribution >= 4 is 16.9 Å². The lowest BCUT2D eigenvalue weighted by Gasteiger charge is -2.11. The molecule has 3 rings (SSSR count). The summed E-state index contributed by atoms with van der Waals surface area (Å²) in [5.74, 6) is 1.51. The van der Waals surface area contributed by atoms with E-state index in [9.17, 15) is 4.79 Å². The minimum absolute atomic E-state index is 0.117. The average Bonchev–Trinajstić information content (AvgIpc) is 3.20. The molecule has 0 saturated carbocycles. The van der Waals surface area contributed by atoms with Crippen molar-refractivity contribution in [3.8, 4) is 5.75 Å². The van der Waals surface area contributed by atoms with Crippen LogP contribution >= 0.6 is 0 Å². The van der Waals surface area contributed by atoms with Crippen molar-refractivity contribution < 1.29 is 9.53 Å². The first-order valence-electron chi connectivity index (χ1n) is 12.6. The molecule has 0 aliphatic rings. The maximum atomic E-state index is 12.6. The Morgan fingerprint density at radius 3 is 2.33 bits per heavy atom. The van der Waals surface area contributed by atoms with Gasteiger partial charge in [0.25, 0.3) is 5.91 Å². The zero-order valence-corrected chi connectivity index (χ0v) is 20.3. The molecular formula is C28H39N3O2. The molecule has 33 heavy (non-hydrogen) atoms. The number of nitrogens with zero attached hydrogens (tertiary/aromatic N) is 2. The Balaban J connectivity index is 1.51. The molecule has 0 aliphatic heterocycles. The molecule has 0 atom stereocenters. The van der Waals surface area contributed by atoms with Gasteiger partial charge in [-0.25, -0.2) is 4.98 Å². The maximum Gasteiger partial charge on any atom is 0.255 e. The van der Waals surface area contributed by atoms with E-state index in [1.165, 1.54) is 56.9 Å². The number of para-hydroxylation sites is 3. The summed E-state index contributed by atoms with van der Waals surface area (Å²) in [6.07, 6.45) is 12.6. The number of hydrogen-bond acceptors (Lipinski definition) is 3. The summed E-state index contributed by atoms with van der Waals surface area (Å²) in [6, 6.07) is 15.6. The molecule has 0 aliphatic carbocycles. The van der Waals surface area contributed by atoms with E-state index >= 15 is 0 Å². The summed E-state index contributed by atoms with van der Waals surface area (Å²) in [6.45, 7) is 3.78. The lowest BCUT2D eigenvalue weighted by atomic mass is 10.1. The number of fused-ring (bicyclic) bond motifs is 1. The standard InChI is InChI=1S/C28H39N3O2/c1-3-4-5-6-7-8-9-10-15-22-31-25-18-13-12-17-24(25)30-27(31)20-21-29-28(32)23-16-11-14-19-26(23)33-2/h11-14,16-19H,3-10,15,20-22H2,1-2H3,(H,29,32). The Bertz CT molecular complexity index is 996. The van der Waals surface area contributed by atoms with Gasteiger partial charge in [0.05, 0.1) is 23.7 Å². The first kappa shape index (κ1) is 24.8. The quantitative estimate of drug-likeness (QED) is 0.268. The molecule has 0 fully saturated rings. The van der Waals surface area contributed by atoms with E-state index in [0.29, 0.717) is 24.3 Å². The molecule has 0 radical (unpaired) electrons. The van der Waals surface area contributed by atoms with E-state index in [1.54, 1.807) is 19.2 Å². The third kappa shape index (κ3) is 7.34. The molecule has 0 saturated heterocycles. The van der Waals surface area contributed by atoms with Gasteiger partial charge < -0.3 is 14.6 Å². The van der Waals surface area contributed by atoms with E-state index in [2.05, 4.69) is 35.0 Å². The first-order valence-corrected chi connectivity index (χ1v) is 12.6. The van der Waals surface area contributed by atoms with Gasteiger partial charge in [-0.1, -0.05) is 82.6 Å². The number of aryl methyl sites for hydroxylation is 1. The second-order valence-corrected chi connectivity index (χ2v) is 8.70.